The number of nitro benzene ring substituents is 1. The Labute approximate surface area is 80.7 Å². The van der Waals surface area contributed by atoms with Gasteiger partial charge < -0.3 is 5.73 Å². The Hall–Kier alpha value is -1.91. The van der Waals surface area contributed by atoms with Crippen LogP contribution in [0.3, 0.4) is 0 Å². The van der Waals surface area contributed by atoms with Crippen molar-refractivity contribution in [1.82, 2.24) is 0 Å². The Kier molecular flexibility index (Phi) is 2.81. The fraction of sp³-hybridized carbons (Fsp3) is 0.222. The molecule has 0 fully saturated rings. The summed E-state index contributed by atoms with van der Waals surface area (Å²) in [5.41, 5.74) is 6.06. The van der Waals surface area contributed by atoms with E-state index in [9.17, 15) is 14.9 Å². The van der Waals surface area contributed by atoms with Crippen LogP contribution in [0.1, 0.15) is 11.1 Å². The van der Waals surface area contributed by atoms with E-state index >= 15 is 0 Å². The average molecular weight is 194 g/mol. The molecule has 0 saturated heterocycles. The number of amides is 1. The molecule has 0 aliphatic heterocycles. The van der Waals surface area contributed by atoms with Crippen LogP contribution in [0.15, 0.2) is 18.2 Å². The predicted octanol–water partition coefficient (Wildman–Crippen LogP) is 0.931. The molecular weight excluding hydrogens is 184 g/mol. The quantitative estimate of drug-likeness (QED) is 0.573. The summed E-state index contributed by atoms with van der Waals surface area (Å²) in [6.45, 7) is 1.75. The Morgan fingerprint density at radius 3 is 2.71 bits per heavy atom. The number of benzene rings is 1. The second-order valence-corrected chi connectivity index (χ2v) is 3.03. The van der Waals surface area contributed by atoms with Crippen molar-refractivity contribution in [2.75, 3.05) is 0 Å². The highest BCUT2D eigenvalue weighted by molar-refractivity contribution is 5.77. The second kappa shape index (κ2) is 3.87. The molecule has 1 rings (SSSR count). The van der Waals surface area contributed by atoms with E-state index in [4.69, 9.17) is 5.73 Å². The summed E-state index contributed by atoms with van der Waals surface area (Å²) in [7, 11) is 0. The van der Waals surface area contributed by atoms with Crippen LogP contribution in [-0.2, 0) is 11.2 Å². The fourth-order valence-electron chi connectivity index (χ4n) is 1.18. The Balaban J connectivity index is 3.14. The molecule has 1 aromatic carbocycles. The molecule has 2 N–H and O–H groups in total. The van der Waals surface area contributed by atoms with Crippen molar-refractivity contribution in [1.29, 1.82) is 0 Å². The number of hydrogen-bond acceptors (Lipinski definition) is 3. The number of nitrogens with two attached hydrogens (primary N) is 1. The third-order valence-corrected chi connectivity index (χ3v) is 1.80. The third kappa shape index (κ3) is 2.29. The molecule has 0 unspecified atom stereocenters. The molecular formula is C9H10N2O3. The number of carbonyl (C=O) groups is 1. The number of carbonyl (C=O) groups excluding carboxylic acids is 1. The maximum Gasteiger partial charge on any atom is 0.273 e. The van der Waals surface area contributed by atoms with E-state index < -0.39 is 10.8 Å². The lowest BCUT2D eigenvalue weighted by molar-refractivity contribution is -0.385. The van der Waals surface area contributed by atoms with Crippen LogP contribution in [0.2, 0.25) is 0 Å². The number of hydrogen-bond donors (Lipinski definition) is 1. The summed E-state index contributed by atoms with van der Waals surface area (Å²) >= 11 is 0. The van der Waals surface area contributed by atoms with Gasteiger partial charge in [-0.1, -0.05) is 12.1 Å². The standard InChI is InChI=1S/C9H10N2O3/c1-6-2-3-7(5-9(10)12)8(4-6)11(13)14/h2-4H,5H2,1H3,(H2,10,12). The van der Waals surface area contributed by atoms with Crippen molar-refractivity contribution in [2.45, 2.75) is 13.3 Å². The van der Waals surface area contributed by atoms with Gasteiger partial charge in [-0.15, -0.1) is 0 Å². The highest BCUT2D eigenvalue weighted by atomic mass is 16.6. The lowest BCUT2D eigenvalue weighted by Gasteiger charge is -2.01. The molecule has 0 radical (unpaired) electrons. The highest BCUT2D eigenvalue weighted by Gasteiger charge is 2.14. The predicted molar refractivity (Wildman–Crippen MR) is 50.7 cm³/mol. The summed E-state index contributed by atoms with van der Waals surface area (Å²) in [5, 5.41) is 10.6. The zero-order valence-electron chi connectivity index (χ0n) is 7.69. The summed E-state index contributed by atoms with van der Waals surface area (Å²) in [6.07, 6.45) is -0.101. The number of nitrogens with zero attached hydrogens (tertiary/aromatic N) is 1. The van der Waals surface area contributed by atoms with E-state index in [1.165, 1.54) is 6.07 Å². The number of primary amides is 1. The Morgan fingerprint density at radius 1 is 1.57 bits per heavy atom. The highest BCUT2D eigenvalue weighted by Crippen LogP contribution is 2.20. The summed E-state index contributed by atoms with van der Waals surface area (Å²) in [6, 6.07) is 4.70. The minimum absolute atomic E-state index is 0.0520. The first-order valence-corrected chi connectivity index (χ1v) is 4.03. The smallest absolute Gasteiger partial charge is 0.273 e. The van der Waals surface area contributed by atoms with Crippen LogP contribution in [0.5, 0.6) is 0 Å². The monoisotopic (exact) mass is 194 g/mol. The molecule has 5 nitrogen and oxygen atoms in total. The third-order valence-electron chi connectivity index (χ3n) is 1.80. The van der Waals surface area contributed by atoms with Crippen molar-refractivity contribution in [3.8, 4) is 0 Å². The molecule has 0 aromatic heterocycles. The molecule has 0 aliphatic rings. The lowest BCUT2D eigenvalue weighted by atomic mass is 10.1. The second-order valence-electron chi connectivity index (χ2n) is 3.03. The molecule has 0 saturated carbocycles. The molecule has 0 spiro atoms. The first-order chi connectivity index (χ1) is 6.50. The molecule has 1 aromatic rings. The summed E-state index contributed by atoms with van der Waals surface area (Å²) in [4.78, 5) is 20.7. The van der Waals surface area contributed by atoms with Crippen molar-refractivity contribution in [3.63, 3.8) is 0 Å². The van der Waals surface area contributed by atoms with E-state index in [-0.39, 0.29) is 12.1 Å². The molecule has 0 heterocycles. The Bertz CT molecular complexity index is 388. The first kappa shape index (κ1) is 10.2. The molecule has 5 heteroatoms. The van der Waals surface area contributed by atoms with Gasteiger partial charge >= 0.3 is 0 Å². The number of aryl methyl sites for hydroxylation is 1. The van der Waals surface area contributed by atoms with E-state index in [1.807, 2.05) is 0 Å². The minimum Gasteiger partial charge on any atom is -0.369 e. The van der Waals surface area contributed by atoms with Gasteiger partial charge in [0.15, 0.2) is 0 Å². The molecule has 14 heavy (non-hydrogen) atoms. The fourth-order valence-corrected chi connectivity index (χ4v) is 1.18. The van der Waals surface area contributed by atoms with Gasteiger partial charge in [0.25, 0.3) is 5.69 Å². The zero-order chi connectivity index (χ0) is 10.7. The van der Waals surface area contributed by atoms with Gasteiger partial charge in [-0.2, -0.15) is 0 Å². The number of nitro groups is 1. The van der Waals surface area contributed by atoms with E-state index in [0.29, 0.717) is 5.56 Å². The first-order valence-electron chi connectivity index (χ1n) is 4.03. The van der Waals surface area contributed by atoms with Gasteiger partial charge in [-0.3, -0.25) is 14.9 Å². The molecule has 1 amide bonds. The van der Waals surface area contributed by atoms with Crippen LogP contribution in [0.4, 0.5) is 5.69 Å². The van der Waals surface area contributed by atoms with Gasteiger partial charge in [0.2, 0.25) is 5.91 Å². The topological polar surface area (TPSA) is 86.2 Å². The zero-order valence-corrected chi connectivity index (χ0v) is 7.69. The van der Waals surface area contributed by atoms with Gasteiger partial charge in [0, 0.05) is 11.6 Å². The molecule has 0 aliphatic carbocycles. The van der Waals surface area contributed by atoms with Gasteiger partial charge in [-0.05, 0) is 12.5 Å². The summed E-state index contributed by atoms with van der Waals surface area (Å²) < 4.78 is 0. The van der Waals surface area contributed by atoms with Crippen LogP contribution in [-0.4, -0.2) is 10.8 Å². The van der Waals surface area contributed by atoms with Gasteiger partial charge in [0.05, 0.1) is 11.3 Å². The van der Waals surface area contributed by atoms with E-state index in [1.54, 1.807) is 19.1 Å². The Morgan fingerprint density at radius 2 is 2.21 bits per heavy atom. The lowest BCUT2D eigenvalue weighted by Crippen LogP contribution is -2.14. The normalized spacial score (nSPS) is 9.79. The van der Waals surface area contributed by atoms with E-state index in [2.05, 4.69) is 0 Å². The SMILES string of the molecule is Cc1ccc(CC(N)=O)c([N+](=O)[O-])c1. The van der Waals surface area contributed by atoms with Crippen molar-refractivity contribution in [2.24, 2.45) is 5.73 Å². The van der Waals surface area contributed by atoms with Gasteiger partial charge in [0.1, 0.15) is 0 Å². The molecule has 0 bridgehead atoms. The van der Waals surface area contributed by atoms with Crippen LogP contribution < -0.4 is 5.73 Å². The largest absolute Gasteiger partial charge is 0.369 e. The van der Waals surface area contributed by atoms with Crippen molar-refractivity contribution < 1.29 is 9.72 Å². The van der Waals surface area contributed by atoms with Gasteiger partial charge in [-0.25, -0.2) is 0 Å². The van der Waals surface area contributed by atoms with Crippen molar-refractivity contribution >= 4 is 11.6 Å². The maximum atomic E-state index is 10.6. The summed E-state index contributed by atoms with van der Waals surface area (Å²) in [5.74, 6) is -0.572. The molecule has 74 valence electrons. The van der Waals surface area contributed by atoms with E-state index in [0.717, 1.165) is 5.56 Å². The average Bonchev–Trinajstić information content (AvgIpc) is 2.07. The van der Waals surface area contributed by atoms with Crippen LogP contribution in [0, 0.1) is 17.0 Å². The maximum absolute atomic E-state index is 10.6. The van der Waals surface area contributed by atoms with Crippen LogP contribution in [0.25, 0.3) is 0 Å². The number of rotatable bonds is 3. The van der Waals surface area contributed by atoms with Crippen LogP contribution >= 0.6 is 0 Å². The minimum atomic E-state index is -0.572. The molecule has 0 atom stereocenters. The van der Waals surface area contributed by atoms with Crippen molar-refractivity contribution in [3.05, 3.63) is 39.4 Å².